The van der Waals surface area contributed by atoms with E-state index in [0.29, 0.717) is 47.5 Å². The van der Waals surface area contributed by atoms with Crippen LogP contribution in [0.3, 0.4) is 0 Å². The molecule has 1 aliphatic heterocycles. The number of H-pyrrole nitrogens is 1. The Kier molecular flexibility index (Phi) is 5.63. The first-order chi connectivity index (χ1) is 10.8. The zero-order valence-corrected chi connectivity index (χ0v) is 14.9. The van der Waals surface area contributed by atoms with Gasteiger partial charge in [-0.05, 0) is 44.6 Å². The van der Waals surface area contributed by atoms with Gasteiger partial charge in [0.05, 0.1) is 24.4 Å². The van der Waals surface area contributed by atoms with E-state index < -0.39 is 0 Å². The highest BCUT2D eigenvalue weighted by Gasteiger charge is 2.27. The molecule has 0 aliphatic carbocycles. The van der Waals surface area contributed by atoms with Crippen LogP contribution in [-0.2, 0) is 4.74 Å². The van der Waals surface area contributed by atoms with Crippen LogP contribution in [0.4, 0.5) is 0 Å². The molecule has 2 heterocycles. The Morgan fingerprint density at radius 3 is 2.39 bits per heavy atom. The van der Waals surface area contributed by atoms with Gasteiger partial charge in [0, 0.05) is 18.8 Å². The summed E-state index contributed by atoms with van der Waals surface area (Å²) in [5.74, 6) is 0.918. The molecule has 1 N–H and O–H groups in total. The number of ether oxygens (including phenoxy) is 1. The van der Waals surface area contributed by atoms with E-state index in [1.54, 1.807) is 13.8 Å². The molecule has 0 unspecified atom stereocenters. The average molecular weight is 320 g/mol. The van der Waals surface area contributed by atoms with E-state index in [-0.39, 0.29) is 11.8 Å². The Morgan fingerprint density at radius 1 is 1.22 bits per heavy atom. The minimum Gasteiger partial charge on any atom is -0.462 e. The highest BCUT2D eigenvalue weighted by molar-refractivity contribution is 6.02. The van der Waals surface area contributed by atoms with E-state index in [9.17, 15) is 9.59 Å². The summed E-state index contributed by atoms with van der Waals surface area (Å²) in [5, 5.41) is 0. The monoisotopic (exact) mass is 320 g/mol. The van der Waals surface area contributed by atoms with Crippen molar-refractivity contribution >= 4 is 11.8 Å². The molecular formula is C18H28N2O3. The first kappa shape index (κ1) is 17.7. The van der Waals surface area contributed by atoms with E-state index in [0.717, 1.165) is 13.1 Å². The molecule has 1 aromatic heterocycles. The van der Waals surface area contributed by atoms with Gasteiger partial charge in [0.1, 0.15) is 0 Å². The standard InChI is InChI=1S/C18H28N2O3/c1-6-23-18(22)16-13(4)17(19-14(16)5)15(21)10-20-8-11(2)7-12(3)9-20/h11-12,19H,6-10H2,1-5H3/t11-,12-/m0/s1. The Morgan fingerprint density at radius 2 is 1.83 bits per heavy atom. The number of aromatic amines is 1. The normalized spacial score (nSPS) is 22.1. The number of rotatable bonds is 5. The van der Waals surface area contributed by atoms with Crippen molar-refractivity contribution in [1.29, 1.82) is 0 Å². The highest BCUT2D eigenvalue weighted by atomic mass is 16.5. The van der Waals surface area contributed by atoms with Crippen molar-refractivity contribution in [2.45, 2.75) is 41.0 Å². The van der Waals surface area contributed by atoms with Crippen molar-refractivity contribution in [1.82, 2.24) is 9.88 Å². The summed E-state index contributed by atoms with van der Waals surface area (Å²) in [5.41, 5.74) is 2.43. The van der Waals surface area contributed by atoms with Crippen molar-refractivity contribution in [2.75, 3.05) is 26.2 Å². The van der Waals surface area contributed by atoms with Crippen LogP contribution in [0.1, 0.15) is 59.3 Å². The van der Waals surface area contributed by atoms with Gasteiger partial charge >= 0.3 is 5.97 Å². The molecule has 0 bridgehead atoms. The van der Waals surface area contributed by atoms with Crippen molar-refractivity contribution < 1.29 is 14.3 Å². The number of hydrogen-bond donors (Lipinski definition) is 1. The molecule has 0 saturated carbocycles. The van der Waals surface area contributed by atoms with Gasteiger partial charge in [-0.2, -0.15) is 0 Å². The van der Waals surface area contributed by atoms with Crippen molar-refractivity contribution in [2.24, 2.45) is 11.8 Å². The number of nitrogens with one attached hydrogen (secondary N) is 1. The second-order valence-electron chi connectivity index (χ2n) is 6.91. The van der Waals surface area contributed by atoms with Gasteiger partial charge in [0.2, 0.25) is 0 Å². The van der Waals surface area contributed by atoms with E-state index in [4.69, 9.17) is 4.74 Å². The molecule has 1 saturated heterocycles. The van der Waals surface area contributed by atoms with Crippen LogP contribution in [0.25, 0.3) is 0 Å². The summed E-state index contributed by atoms with van der Waals surface area (Å²) in [7, 11) is 0. The lowest BCUT2D eigenvalue weighted by Gasteiger charge is -2.34. The Bertz CT molecular complexity index is 581. The fourth-order valence-electron chi connectivity index (χ4n) is 3.74. The van der Waals surface area contributed by atoms with Crippen molar-refractivity contribution in [3.63, 3.8) is 0 Å². The molecule has 0 aromatic carbocycles. The van der Waals surface area contributed by atoms with E-state index in [1.165, 1.54) is 6.42 Å². The van der Waals surface area contributed by atoms with Gasteiger partial charge in [-0.1, -0.05) is 13.8 Å². The Labute approximate surface area is 138 Å². The summed E-state index contributed by atoms with van der Waals surface area (Å²) in [4.78, 5) is 30.0. The molecule has 2 rings (SSSR count). The van der Waals surface area contributed by atoms with Crippen LogP contribution < -0.4 is 0 Å². The van der Waals surface area contributed by atoms with Crippen molar-refractivity contribution in [3.05, 3.63) is 22.5 Å². The fraction of sp³-hybridized carbons (Fsp3) is 0.667. The lowest BCUT2D eigenvalue weighted by Crippen LogP contribution is -2.41. The number of ketones is 1. The van der Waals surface area contributed by atoms with Crippen molar-refractivity contribution in [3.8, 4) is 0 Å². The SMILES string of the molecule is CCOC(=O)c1c(C)[nH]c(C(=O)CN2C[C@@H](C)C[C@H](C)C2)c1C. The number of esters is 1. The number of nitrogens with zero attached hydrogens (tertiary/aromatic N) is 1. The summed E-state index contributed by atoms with van der Waals surface area (Å²) in [6.45, 7) is 12.5. The molecule has 5 nitrogen and oxygen atoms in total. The Hall–Kier alpha value is -1.62. The first-order valence-corrected chi connectivity index (χ1v) is 8.45. The highest BCUT2D eigenvalue weighted by Crippen LogP contribution is 2.23. The second kappa shape index (κ2) is 7.30. The molecule has 128 valence electrons. The van der Waals surface area contributed by atoms with Gasteiger partial charge in [0.25, 0.3) is 0 Å². The predicted molar refractivity (Wildman–Crippen MR) is 89.9 cm³/mol. The Balaban J connectivity index is 2.14. The van der Waals surface area contributed by atoms with Gasteiger partial charge in [-0.15, -0.1) is 0 Å². The lowest BCUT2D eigenvalue weighted by molar-refractivity contribution is 0.0525. The zero-order chi connectivity index (χ0) is 17.1. The zero-order valence-electron chi connectivity index (χ0n) is 14.9. The van der Waals surface area contributed by atoms with Crippen LogP contribution in [-0.4, -0.2) is 47.9 Å². The molecular weight excluding hydrogens is 292 g/mol. The third kappa shape index (κ3) is 4.02. The topological polar surface area (TPSA) is 62.4 Å². The van der Waals surface area contributed by atoms with Crippen LogP contribution in [0.5, 0.6) is 0 Å². The number of hydrogen-bond acceptors (Lipinski definition) is 4. The number of Topliss-reactive ketones (excluding diaryl/α,β-unsaturated/α-hetero) is 1. The minimum absolute atomic E-state index is 0.0439. The molecule has 0 amide bonds. The lowest BCUT2D eigenvalue weighted by atomic mass is 9.91. The maximum atomic E-state index is 12.7. The number of piperidine rings is 1. The van der Waals surface area contributed by atoms with Crippen LogP contribution >= 0.6 is 0 Å². The molecule has 1 fully saturated rings. The number of carbonyl (C=O) groups is 2. The van der Waals surface area contributed by atoms with Crippen LogP contribution in [0.2, 0.25) is 0 Å². The minimum atomic E-state index is -0.363. The summed E-state index contributed by atoms with van der Waals surface area (Å²) in [6.07, 6.45) is 1.22. The maximum Gasteiger partial charge on any atom is 0.340 e. The second-order valence-corrected chi connectivity index (χ2v) is 6.91. The molecule has 1 aromatic rings. The maximum absolute atomic E-state index is 12.7. The summed E-state index contributed by atoms with van der Waals surface area (Å²) < 4.78 is 5.08. The van der Waals surface area contributed by atoms with E-state index >= 15 is 0 Å². The van der Waals surface area contributed by atoms with Gasteiger partial charge < -0.3 is 9.72 Å². The predicted octanol–water partition coefficient (Wildman–Crippen LogP) is 2.97. The van der Waals surface area contributed by atoms with Crippen LogP contribution in [0.15, 0.2) is 0 Å². The third-order valence-corrected chi connectivity index (χ3v) is 4.51. The molecule has 23 heavy (non-hydrogen) atoms. The third-order valence-electron chi connectivity index (χ3n) is 4.51. The fourth-order valence-corrected chi connectivity index (χ4v) is 3.74. The number of likely N-dealkylation sites (tertiary alicyclic amines) is 1. The largest absolute Gasteiger partial charge is 0.462 e. The molecule has 5 heteroatoms. The smallest absolute Gasteiger partial charge is 0.340 e. The van der Waals surface area contributed by atoms with Gasteiger partial charge in [0.15, 0.2) is 5.78 Å². The number of aromatic nitrogens is 1. The van der Waals surface area contributed by atoms with Gasteiger partial charge in [-0.3, -0.25) is 9.69 Å². The molecule has 0 radical (unpaired) electrons. The van der Waals surface area contributed by atoms with E-state index in [1.807, 2.05) is 6.92 Å². The molecule has 2 atom stereocenters. The van der Waals surface area contributed by atoms with E-state index in [2.05, 4.69) is 23.7 Å². The number of aryl methyl sites for hydroxylation is 1. The summed E-state index contributed by atoms with van der Waals surface area (Å²) >= 11 is 0. The average Bonchev–Trinajstić information content (AvgIpc) is 2.73. The first-order valence-electron chi connectivity index (χ1n) is 8.45. The quantitative estimate of drug-likeness (QED) is 0.669. The number of carbonyl (C=O) groups excluding carboxylic acids is 2. The molecule has 0 spiro atoms. The summed E-state index contributed by atoms with van der Waals surface area (Å²) in [6, 6.07) is 0. The van der Waals surface area contributed by atoms with Crippen LogP contribution in [0, 0.1) is 25.7 Å². The van der Waals surface area contributed by atoms with Gasteiger partial charge in [-0.25, -0.2) is 4.79 Å². The molecule has 1 aliphatic rings.